The normalized spacial score (nSPS) is 31.8. The highest BCUT2D eigenvalue weighted by atomic mass is 35.5. The van der Waals surface area contributed by atoms with Crippen molar-refractivity contribution < 1.29 is 9.53 Å². The van der Waals surface area contributed by atoms with Crippen molar-refractivity contribution in [3.05, 3.63) is 0 Å². The Morgan fingerprint density at radius 1 is 1.36 bits per heavy atom. The molecular weight excluding hydrogens is 164 g/mol. The second-order valence-corrected chi connectivity index (χ2v) is 3.39. The predicted molar refractivity (Wildman–Crippen MR) is 43.6 cm³/mol. The van der Waals surface area contributed by atoms with Crippen LogP contribution in [0.1, 0.15) is 25.7 Å². The predicted octanol–water partition coefficient (Wildman–Crippen LogP) is 1.96. The SMILES string of the molecule is COC1CCC(C(=O)Cl)CC1. The molecule has 0 aliphatic heterocycles. The van der Waals surface area contributed by atoms with Crippen molar-refractivity contribution in [1.82, 2.24) is 0 Å². The lowest BCUT2D eigenvalue weighted by Crippen LogP contribution is -2.23. The van der Waals surface area contributed by atoms with E-state index in [1.165, 1.54) is 0 Å². The lowest BCUT2D eigenvalue weighted by Gasteiger charge is -2.24. The molecule has 11 heavy (non-hydrogen) atoms. The minimum Gasteiger partial charge on any atom is -0.381 e. The molecule has 0 heterocycles. The summed E-state index contributed by atoms with van der Waals surface area (Å²) in [6.07, 6.45) is 4.07. The highest BCUT2D eigenvalue weighted by Crippen LogP contribution is 2.27. The van der Waals surface area contributed by atoms with Crippen LogP contribution in [0.3, 0.4) is 0 Å². The maximum atomic E-state index is 10.7. The van der Waals surface area contributed by atoms with Crippen LogP contribution in [-0.4, -0.2) is 18.5 Å². The van der Waals surface area contributed by atoms with Gasteiger partial charge in [0.2, 0.25) is 5.24 Å². The number of rotatable bonds is 2. The van der Waals surface area contributed by atoms with Crippen LogP contribution in [0.25, 0.3) is 0 Å². The molecule has 0 aromatic heterocycles. The average Bonchev–Trinajstić information content (AvgIpc) is 2.05. The van der Waals surface area contributed by atoms with Gasteiger partial charge in [-0.15, -0.1) is 0 Å². The van der Waals surface area contributed by atoms with Gasteiger partial charge in [0, 0.05) is 13.0 Å². The summed E-state index contributed by atoms with van der Waals surface area (Å²) < 4.78 is 5.16. The summed E-state index contributed by atoms with van der Waals surface area (Å²) in [5, 5.41) is -0.181. The summed E-state index contributed by atoms with van der Waals surface area (Å²) in [7, 11) is 1.72. The van der Waals surface area contributed by atoms with Gasteiger partial charge in [0.15, 0.2) is 0 Å². The van der Waals surface area contributed by atoms with Crippen molar-refractivity contribution >= 4 is 16.8 Å². The van der Waals surface area contributed by atoms with Gasteiger partial charge in [0.1, 0.15) is 0 Å². The van der Waals surface area contributed by atoms with Gasteiger partial charge in [-0.1, -0.05) is 0 Å². The molecule has 1 fully saturated rings. The second-order valence-electron chi connectivity index (χ2n) is 3.01. The van der Waals surface area contributed by atoms with Crippen molar-refractivity contribution in [3.63, 3.8) is 0 Å². The van der Waals surface area contributed by atoms with Crippen LogP contribution in [0.2, 0.25) is 0 Å². The number of ether oxygens (including phenoxy) is 1. The van der Waals surface area contributed by atoms with E-state index >= 15 is 0 Å². The van der Waals surface area contributed by atoms with E-state index in [-0.39, 0.29) is 11.2 Å². The monoisotopic (exact) mass is 176 g/mol. The van der Waals surface area contributed by atoms with Crippen LogP contribution >= 0.6 is 11.6 Å². The lowest BCUT2D eigenvalue weighted by molar-refractivity contribution is -0.116. The fraction of sp³-hybridized carbons (Fsp3) is 0.875. The van der Waals surface area contributed by atoms with Crippen LogP contribution in [-0.2, 0) is 9.53 Å². The van der Waals surface area contributed by atoms with Crippen molar-refractivity contribution in [3.8, 4) is 0 Å². The average molecular weight is 177 g/mol. The Hall–Kier alpha value is -0.0800. The number of halogens is 1. The van der Waals surface area contributed by atoms with Gasteiger partial charge >= 0.3 is 0 Å². The Kier molecular flexibility index (Phi) is 3.34. The van der Waals surface area contributed by atoms with E-state index < -0.39 is 0 Å². The molecule has 0 N–H and O–H groups in total. The minimum absolute atomic E-state index is 0.0862. The molecule has 0 saturated heterocycles. The first-order valence-corrected chi connectivity index (χ1v) is 4.34. The molecule has 3 heteroatoms. The fourth-order valence-corrected chi connectivity index (χ4v) is 1.74. The first-order valence-electron chi connectivity index (χ1n) is 3.96. The van der Waals surface area contributed by atoms with E-state index in [0.29, 0.717) is 6.10 Å². The molecule has 0 spiro atoms. The molecule has 0 aromatic rings. The summed E-state index contributed by atoms with van der Waals surface area (Å²) in [4.78, 5) is 10.7. The summed E-state index contributed by atoms with van der Waals surface area (Å²) in [5.41, 5.74) is 0. The molecule has 1 saturated carbocycles. The molecule has 0 unspecified atom stereocenters. The Morgan fingerprint density at radius 2 is 1.91 bits per heavy atom. The van der Waals surface area contributed by atoms with Crippen LogP contribution in [0.5, 0.6) is 0 Å². The number of hydrogen-bond acceptors (Lipinski definition) is 2. The smallest absolute Gasteiger partial charge is 0.224 e. The van der Waals surface area contributed by atoms with Gasteiger partial charge in [-0.2, -0.15) is 0 Å². The van der Waals surface area contributed by atoms with Gasteiger partial charge in [-0.3, -0.25) is 4.79 Å². The maximum Gasteiger partial charge on any atom is 0.224 e. The van der Waals surface area contributed by atoms with Crippen molar-refractivity contribution in [2.45, 2.75) is 31.8 Å². The molecule has 1 rings (SSSR count). The first kappa shape index (κ1) is 9.01. The molecule has 64 valence electrons. The Balaban J connectivity index is 2.30. The maximum absolute atomic E-state index is 10.7. The minimum atomic E-state index is -0.181. The Bertz CT molecular complexity index is 139. The fourth-order valence-electron chi connectivity index (χ4n) is 1.53. The van der Waals surface area contributed by atoms with E-state index in [2.05, 4.69) is 0 Å². The van der Waals surface area contributed by atoms with Crippen LogP contribution in [0.15, 0.2) is 0 Å². The Labute approximate surface area is 71.9 Å². The first-order chi connectivity index (χ1) is 5.24. The van der Waals surface area contributed by atoms with Crippen molar-refractivity contribution in [2.24, 2.45) is 5.92 Å². The zero-order valence-corrected chi connectivity index (χ0v) is 7.43. The number of hydrogen-bond donors (Lipinski definition) is 0. The largest absolute Gasteiger partial charge is 0.381 e. The van der Waals surface area contributed by atoms with E-state index in [0.717, 1.165) is 25.7 Å². The quantitative estimate of drug-likeness (QED) is 0.602. The molecule has 0 bridgehead atoms. The van der Waals surface area contributed by atoms with Crippen molar-refractivity contribution in [1.29, 1.82) is 0 Å². The topological polar surface area (TPSA) is 26.3 Å². The molecule has 0 aromatic carbocycles. The number of carbonyl (C=O) groups is 1. The third-order valence-electron chi connectivity index (χ3n) is 2.33. The third kappa shape index (κ3) is 2.46. The summed E-state index contributed by atoms with van der Waals surface area (Å²) >= 11 is 5.37. The van der Waals surface area contributed by atoms with Crippen LogP contribution in [0.4, 0.5) is 0 Å². The highest BCUT2D eigenvalue weighted by molar-refractivity contribution is 6.63. The molecule has 1 aliphatic carbocycles. The number of methoxy groups -OCH3 is 1. The summed E-state index contributed by atoms with van der Waals surface area (Å²) in [6.45, 7) is 0. The third-order valence-corrected chi connectivity index (χ3v) is 2.64. The molecule has 0 radical (unpaired) electrons. The van der Waals surface area contributed by atoms with Gasteiger partial charge in [-0.25, -0.2) is 0 Å². The van der Waals surface area contributed by atoms with Gasteiger partial charge in [0.05, 0.1) is 6.10 Å². The van der Waals surface area contributed by atoms with E-state index in [4.69, 9.17) is 16.3 Å². The zero-order valence-electron chi connectivity index (χ0n) is 6.68. The molecule has 1 aliphatic rings. The lowest BCUT2D eigenvalue weighted by atomic mass is 9.88. The molecular formula is C8H13ClO2. The van der Waals surface area contributed by atoms with Crippen molar-refractivity contribution in [2.75, 3.05) is 7.11 Å². The highest BCUT2D eigenvalue weighted by Gasteiger charge is 2.24. The standard InChI is InChI=1S/C8H13ClO2/c1-11-7-4-2-6(3-5-7)8(9)10/h6-7H,2-5H2,1H3. The second kappa shape index (κ2) is 4.07. The number of carbonyl (C=O) groups excluding carboxylic acids is 1. The van der Waals surface area contributed by atoms with Crippen LogP contribution < -0.4 is 0 Å². The molecule has 2 nitrogen and oxygen atoms in total. The Morgan fingerprint density at radius 3 is 2.27 bits per heavy atom. The van der Waals surface area contributed by atoms with Crippen LogP contribution in [0, 0.1) is 5.92 Å². The summed E-state index contributed by atoms with van der Waals surface area (Å²) in [6, 6.07) is 0. The van der Waals surface area contributed by atoms with E-state index in [1.54, 1.807) is 7.11 Å². The summed E-state index contributed by atoms with van der Waals surface area (Å²) in [5.74, 6) is 0.0862. The van der Waals surface area contributed by atoms with E-state index in [9.17, 15) is 4.79 Å². The van der Waals surface area contributed by atoms with Gasteiger partial charge in [-0.05, 0) is 37.3 Å². The zero-order chi connectivity index (χ0) is 8.27. The van der Waals surface area contributed by atoms with E-state index in [1.807, 2.05) is 0 Å². The van der Waals surface area contributed by atoms with Gasteiger partial charge in [0.25, 0.3) is 0 Å². The van der Waals surface area contributed by atoms with Gasteiger partial charge < -0.3 is 4.74 Å². The molecule has 0 amide bonds. The molecule has 0 atom stereocenters.